The first-order valence-electron chi connectivity index (χ1n) is 7.84. The van der Waals surface area contributed by atoms with Crippen molar-refractivity contribution in [2.24, 2.45) is 5.92 Å². The number of fused-ring (bicyclic) bond motifs is 1. The summed E-state index contributed by atoms with van der Waals surface area (Å²) >= 11 is 1.95. The van der Waals surface area contributed by atoms with E-state index in [2.05, 4.69) is 27.2 Å². The van der Waals surface area contributed by atoms with Gasteiger partial charge in [-0.05, 0) is 49.3 Å². The number of hydrogen-bond acceptors (Lipinski definition) is 5. The predicted octanol–water partition coefficient (Wildman–Crippen LogP) is 3.61. The van der Waals surface area contributed by atoms with Gasteiger partial charge < -0.3 is 9.64 Å². The second-order valence-electron chi connectivity index (χ2n) is 5.79. The molecule has 0 unspecified atom stereocenters. The summed E-state index contributed by atoms with van der Waals surface area (Å²) in [6.07, 6.45) is 7.73. The molecule has 0 radical (unpaired) electrons. The molecule has 0 aliphatic carbocycles. The Labute approximate surface area is 136 Å². The van der Waals surface area contributed by atoms with Crippen molar-refractivity contribution in [1.82, 2.24) is 9.97 Å². The van der Waals surface area contributed by atoms with Crippen LogP contribution in [0.3, 0.4) is 0 Å². The molecule has 1 aromatic heterocycles. The molecule has 22 heavy (non-hydrogen) atoms. The van der Waals surface area contributed by atoms with Crippen LogP contribution in [0.5, 0.6) is 5.75 Å². The van der Waals surface area contributed by atoms with Gasteiger partial charge in [0, 0.05) is 24.5 Å². The van der Waals surface area contributed by atoms with Crippen LogP contribution < -0.4 is 9.64 Å². The van der Waals surface area contributed by atoms with Gasteiger partial charge in [-0.1, -0.05) is 0 Å². The van der Waals surface area contributed by atoms with E-state index in [9.17, 15) is 0 Å². The van der Waals surface area contributed by atoms with E-state index >= 15 is 0 Å². The summed E-state index contributed by atoms with van der Waals surface area (Å²) < 4.78 is 5.28. The smallest absolute Gasteiger partial charge is 0.139 e. The summed E-state index contributed by atoms with van der Waals surface area (Å²) in [5.41, 5.74) is 0.953. The van der Waals surface area contributed by atoms with E-state index in [-0.39, 0.29) is 0 Å². The minimum absolute atomic E-state index is 0.841. The molecule has 5 heteroatoms. The van der Waals surface area contributed by atoms with Crippen molar-refractivity contribution >= 4 is 28.5 Å². The Kier molecular flexibility index (Phi) is 5.03. The van der Waals surface area contributed by atoms with E-state index in [1.165, 1.54) is 25.0 Å². The predicted molar refractivity (Wildman–Crippen MR) is 94.0 cm³/mol. The standard InChI is InChI=1S/C17H23N3OS/c1-21-14-3-4-15-16(11-14)18-12-19-17(15)20-8-5-13(6-9-20)7-10-22-2/h3-4,11-13H,5-10H2,1-2H3. The van der Waals surface area contributed by atoms with Gasteiger partial charge in [0.25, 0.3) is 0 Å². The first-order chi connectivity index (χ1) is 10.8. The van der Waals surface area contributed by atoms with Crippen molar-refractivity contribution in [2.75, 3.05) is 37.1 Å². The van der Waals surface area contributed by atoms with Crippen molar-refractivity contribution in [2.45, 2.75) is 19.3 Å². The second-order valence-corrected chi connectivity index (χ2v) is 6.78. The lowest BCUT2D eigenvalue weighted by molar-refractivity contribution is 0.396. The molecule has 2 heterocycles. The monoisotopic (exact) mass is 317 g/mol. The summed E-state index contributed by atoms with van der Waals surface area (Å²) in [5.74, 6) is 4.06. The van der Waals surface area contributed by atoms with Crippen LogP contribution >= 0.6 is 11.8 Å². The fourth-order valence-corrected chi connectivity index (χ4v) is 3.69. The molecule has 0 amide bonds. The largest absolute Gasteiger partial charge is 0.497 e. The molecule has 4 nitrogen and oxygen atoms in total. The SMILES string of the molecule is COc1ccc2c(N3CCC(CCSC)CC3)ncnc2c1. The van der Waals surface area contributed by atoms with Crippen LogP contribution in [-0.4, -0.2) is 42.2 Å². The Hall–Kier alpha value is -1.49. The molecule has 3 rings (SSSR count). The van der Waals surface area contributed by atoms with Crippen LogP contribution in [-0.2, 0) is 0 Å². The molecule has 1 aliphatic heterocycles. The summed E-state index contributed by atoms with van der Waals surface area (Å²) in [6, 6.07) is 6.04. The maximum Gasteiger partial charge on any atom is 0.139 e. The molecule has 0 N–H and O–H groups in total. The highest BCUT2D eigenvalue weighted by molar-refractivity contribution is 7.98. The van der Waals surface area contributed by atoms with E-state index in [0.717, 1.165) is 41.5 Å². The highest BCUT2D eigenvalue weighted by Gasteiger charge is 2.21. The van der Waals surface area contributed by atoms with Gasteiger partial charge >= 0.3 is 0 Å². The maximum atomic E-state index is 5.28. The van der Waals surface area contributed by atoms with Crippen LogP contribution in [0.15, 0.2) is 24.5 Å². The van der Waals surface area contributed by atoms with Crippen molar-refractivity contribution in [1.29, 1.82) is 0 Å². The lowest BCUT2D eigenvalue weighted by atomic mass is 9.94. The third-order valence-corrected chi connectivity index (χ3v) is 5.11. The summed E-state index contributed by atoms with van der Waals surface area (Å²) in [7, 11) is 1.68. The van der Waals surface area contributed by atoms with E-state index in [4.69, 9.17) is 4.74 Å². The maximum absolute atomic E-state index is 5.28. The van der Waals surface area contributed by atoms with E-state index < -0.39 is 0 Å². The van der Waals surface area contributed by atoms with Crippen molar-refractivity contribution in [3.05, 3.63) is 24.5 Å². The average Bonchev–Trinajstić information content (AvgIpc) is 2.59. The topological polar surface area (TPSA) is 38.2 Å². The first-order valence-corrected chi connectivity index (χ1v) is 9.24. The fourth-order valence-electron chi connectivity index (χ4n) is 3.12. The van der Waals surface area contributed by atoms with Crippen LogP contribution in [0.25, 0.3) is 10.9 Å². The molecule has 1 saturated heterocycles. The molecule has 0 saturated carbocycles. The Bertz CT molecular complexity index is 626. The molecule has 0 spiro atoms. The minimum atomic E-state index is 0.841. The summed E-state index contributed by atoms with van der Waals surface area (Å²) in [4.78, 5) is 11.3. The molecular weight excluding hydrogens is 294 g/mol. The van der Waals surface area contributed by atoms with Gasteiger partial charge in [0.2, 0.25) is 0 Å². The second kappa shape index (κ2) is 7.18. The normalized spacial score (nSPS) is 16.2. The molecule has 0 atom stereocenters. The molecule has 1 fully saturated rings. The van der Waals surface area contributed by atoms with Gasteiger partial charge in [0.05, 0.1) is 12.6 Å². The number of rotatable bonds is 5. The van der Waals surface area contributed by atoms with Gasteiger partial charge in [0.15, 0.2) is 0 Å². The Morgan fingerprint density at radius 1 is 1.27 bits per heavy atom. The molecule has 118 valence electrons. The number of methoxy groups -OCH3 is 1. The number of benzene rings is 1. The molecule has 1 aliphatic rings. The van der Waals surface area contributed by atoms with Gasteiger partial charge in [0.1, 0.15) is 17.9 Å². The number of aromatic nitrogens is 2. The quantitative estimate of drug-likeness (QED) is 0.842. The van der Waals surface area contributed by atoms with Gasteiger partial charge in [-0.25, -0.2) is 9.97 Å². The third kappa shape index (κ3) is 3.29. The highest BCUT2D eigenvalue weighted by atomic mass is 32.2. The average molecular weight is 317 g/mol. The number of nitrogens with zero attached hydrogens (tertiary/aromatic N) is 3. The van der Waals surface area contributed by atoms with Gasteiger partial charge in [-0.15, -0.1) is 0 Å². The fraction of sp³-hybridized carbons (Fsp3) is 0.529. The zero-order valence-corrected chi connectivity index (χ0v) is 14.1. The van der Waals surface area contributed by atoms with Crippen LogP contribution in [0, 0.1) is 5.92 Å². The molecule has 0 bridgehead atoms. The van der Waals surface area contributed by atoms with Crippen molar-refractivity contribution < 1.29 is 4.74 Å². The Morgan fingerprint density at radius 2 is 2.09 bits per heavy atom. The highest BCUT2D eigenvalue weighted by Crippen LogP contribution is 2.30. The first kappa shape index (κ1) is 15.4. The van der Waals surface area contributed by atoms with Crippen molar-refractivity contribution in [3.63, 3.8) is 0 Å². The van der Waals surface area contributed by atoms with E-state index in [1.54, 1.807) is 13.4 Å². The van der Waals surface area contributed by atoms with Gasteiger partial charge in [-0.2, -0.15) is 11.8 Å². The van der Waals surface area contributed by atoms with E-state index in [0.29, 0.717) is 0 Å². The number of thioether (sulfide) groups is 1. The number of piperidine rings is 1. The zero-order valence-electron chi connectivity index (χ0n) is 13.3. The number of anilines is 1. The van der Waals surface area contributed by atoms with Crippen LogP contribution in [0.1, 0.15) is 19.3 Å². The summed E-state index contributed by atoms with van der Waals surface area (Å²) in [5, 5.41) is 1.12. The number of ether oxygens (including phenoxy) is 1. The van der Waals surface area contributed by atoms with Gasteiger partial charge in [-0.3, -0.25) is 0 Å². The van der Waals surface area contributed by atoms with Crippen molar-refractivity contribution in [3.8, 4) is 5.75 Å². The zero-order chi connectivity index (χ0) is 15.4. The third-order valence-electron chi connectivity index (χ3n) is 4.47. The Balaban J connectivity index is 1.77. The molecule has 2 aromatic rings. The van der Waals surface area contributed by atoms with E-state index in [1.807, 2.05) is 23.9 Å². The minimum Gasteiger partial charge on any atom is -0.497 e. The summed E-state index contributed by atoms with van der Waals surface area (Å²) in [6.45, 7) is 2.19. The van der Waals surface area contributed by atoms with Crippen LogP contribution in [0.2, 0.25) is 0 Å². The number of hydrogen-bond donors (Lipinski definition) is 0. The molecule has 1 aromatic carbocycles. The lowest BCUT2D eigenvalue weighted by Crippen LogP contribution is -2.34. The lowest BCUT2D eigenvalue weighted by Gasteiger charge is -2.33. The van der Waals surface area contributed by atoms with Crippen LogP contribution in [0.4, 0.5) is 5.82 Å². The molecular formula is C17H23N3OS. The Morgan fingerprint density at radius 3 is 2.82 bits per heavy atom.